The lowest BCUT2D eigenvalue weighted by Crippen LogP contribution is -2.61. The zero-order chi connectivity index (χ0) is 21.8. The average molecular weight is 422 g/mol. The number of carbonyl (C=O) groups is 1. The molecular weight excluding hydrogens is 378 g/mol. The first-order chi connectivity index (χ1) is 14.9. The molecule has 0 radical (unpaired) electrons. The number of nitrogens with zero attached hydrogens (tertiary/aromatic N) is 1. The second-order valence-electron chi connectivity index (χ2n) is 12.1. The van der Waals surface area contributed by atoms with Gasteiger partial charge in [0.1, 0.15) is 0 Å². The molecule has 1 saturated heterocycles. The smallest absolute Gasteiger partial charge is 0.222 e. The Bertz CT molecular complexity index is 804. The number of benzene rings is 1. The van der Waals surface area contributed by atoms with Gasteiger partial charge in [-0.05, 0) is 104 Å². The third kappa shape index (κ3) is 3.30. The van der Waals surface area contributed by atoms with Crippen LogP contribution in [0, 0.1) is 34.5 Å². The molecule has 2 nitrogen and oxygen atoms in total. The van der Waals surface area contributed by atoms with E-state index in [0.717, 1.165) is 36.5 Å². The summed E-state index contributed by atoms with van der Waals surface area (Å²) in [7, 11) is 2.08. The molecule has 1 aromatic carbocycles. The summed E-state index contributed by atoms with van der Waals surface area (Å²) in [6, 6.07) is 11.8. The van der Waals surface area contributed by atoms with Gasteiger partial charge in [-0.3, -0.25) is 4.79 Å². The minimum Gasteiger partial charge on any atom is -0.342 e. The Kier molecular flexibility index (Phi) is 5.50. The summed E-state index contributed by atoms with van der Waals surface area (Å²) in [5, 5.41) is 0. The average Bonchev–Trinajstić information content (AvgIpc) is 3.11. The molecule has 31 heavy (non-hydrogen) atoms. The highest BCUT2D eigenvalue weighted by Gasteiger charge is 2.61. The molecule has 4 aliphatic rings. The van der Waals surface area contributed by atoms with E-state index in [-0.39, 0.29) is 0 Å². The maximum Gasteiger partial charge on any atom is 0.222 e. The van der Waals surface area contributed by atoms with Crippen LogP contribution in [0.1, 0.15) is 96.5 Å². The van der Waals surface area contributed by atoms with Gasteiger partial charge in [0, 0.05) is 19.5 Å². The predicted molar refractivity (Wildman–Crippen MR) is 128 cm³/mol. The number of hydrogen-bond acceptors (Lipinski definition) is 1. The molecule has 0 bridgehead atoms. The molecule has 0 N–H and O–H groups in total. The number of piperidine rings is 1. The van der Waals surface area contributed by atoms with Gasteiger partial charge in [0.05, 0.1) is 0 Å². The maximum absolute atomic E-state index is 12.4. The molecule has 170 valence electrons. The van der Waals surface area contributed by atoms with Crippen molar-refractivity contribution in [3.05, 3.63) is 35.9 Å². The highest BCUT2D eigenvalue weighted by Crippen LogP contribution is 2.67. The summed E-state index contributed by atoms with van der Waals surface area (Å²) < 4.78 is 0. The molecule has 1 aromatic rings. The predicted octanol–water partition coefficient (Wildman–Crippen LogP) is 7.05. The lowest BCUT2D eigenvalue weighted by atomic mass is 9.46. The fourth-order valence-corrected chi connectivity index (χ4v) is 9.25. The van der Waals surface area contributed by atoms with E-state index < -0.39 is 0 Å². The van der Waals surface area contributed by atoms with Crippen LogP contribution in [-0.4, -0.2) is 23.9 Å². The first kappa shape index (κ1) is 21.5. The summed E-state index contributed by atoms with van der Waals surface area (Å²) in [5.41, 5.74) is 2.43. The van der Waals surface area contributed by atoms with Gasteiger partial charge >= 0.3 is 0 Å². The van der Waals surface area contributed by atoms with E-state index in [1.165, 1.54) is 51.4 Å². The van der Waals surface area contributed by atoms with E-state index in [9.17, 15) is 4.79 Å². The van der Waals surface area contributed by atoms with Crippen LogP contribution in [-0.2, 0) is 4.79 Å². The van der Waals surface area contributed by atoms with Crippen molar-refractivity contribution < 1.29 is 4.79 Å². The fraction of sp³-hybridized carbons (Fsp3) is 0.759. The molecule has 1 aliphatic heterocycles. The van der Waals surface area contributed by atoms with E-state index in [1.54, 1.807) is 5.56 Å². The van der Waals surface area contributed by atoms with Crippen molar-refractivity contribution in [3.8, 4) is 0 Å². The molecule has 4 fully saturated rings. The zero-order valence-corrected chi connectivity index (χ0v) is 20.3. The van der Waals surface area contributed by atoms with Gasteiger partial charge in [-0.1, -0.05) is 51.1 Å². The van der Waals surface area contributed by atoms with Crippen LogP contribution in [0.15, 0.2) is 30.3 Å². The first-order valence-corrected chi connectivity index (χ1v) is 13.2. The summed E-state index contributed by atoms with van der Waals surface area (Å²) in [5.74, 6) is 4.60. The van der Waals surface area contributed by atoms with Crippen LogP contribution >= 0.6 is 0 Å². The van der Waals surface area contributed by atoms with Gasteiger partial charge in [-0.2, -0.15) is 0 Å². The van der Waals surface area contributed by atoms with Crippen molar-refractivity contribution in [3.63, 3.8) is 0 Å². The van der Waals surface area contributed by atoms with E-state index >= 15 is 0 Å². The number of fused-ring (bicyclic) bond motifs is 5. The molecule has 3 aliphatic carbocycles. The Labute approximate surface area is 190 Å². The molecular formula is C29H43NO. The number of rotatable bonds is 4. The van der Waals surface area contributed by atoms with Crippen molar-refractivity contribution in [1.82, 2.24) is 4.90 Å². The van der Waals surface area contributed by atoms with Gasteiger partial charge in [0.15, 0.2) is 0 Å². The van der Waals surface area contributed by atoms with Gasteiger partial charge in [-0.25, -0.2) is 0 Å². The van der Waals surface area contributed by atoms with Crippen molar-refractivity contribution in [2.75, 3.05) is 7.05 Å². The number of amides is 1. The largest absolute Gasteiger partial charge is 0.342 e. The quantitative estimate of drug-likeness (QED) is 0.510. The molecule has 0 spiro atoms. The van der Waals surface area contributed by atoms with Crippen molar-refractivity contribution in [2.45, 2.75) is 96.9 Å². The Morgan fingerprint density at radius 3 is 2.45 bits per heavy atom. The van der Waals surface area contributed by atoms with Crippen LogP contribution < -0.4 is 0 Å². The number of likely N-dealkylation sites (tertiary alicyclic amines) is 1. The van der Waals surface area contributed by atoms with Crippen molar-refractivity contribution >= 4 is 5.91 Å². The third-order valence-corrected chi connectivity index (χ3v) is 11.1. The SMILES string of the molecule is CCC(CC1CC[C@H]2[C@@H]3CCC4N(C)C(=O)CC[C@]4(C)[C@@H]3CC[C@]12C)c1ccccc1. The van der Waals surface area contributed by atoms with Gasteiger partial charge < -0.3 is 4.90 Å². The van der Waals surface area contributed by atoms with Gasteiger partial charge in [0.2, 0.25) is 5.91 Å². The van der Waals surface area contributed by atoms with E-state index in [1.807, 2.05) is 0 Å². The van der Waals surface area contributed by atoms with Gasteiger partial charge in [-0.15, -0.1) is 0 Å². The van der Waals surface area contributed by atoms with Crippen molar-refractivity contribution in [2.24, 2.45) is 34.5 Å². The minimum absolute atomic E-state index is 0.348. The van der Waals surface area contributed by atoms with Crippen LogP contribution in [0.5, 0.6) is 0 Å². The molecule has 8 atom stereocenters. The molecule has 5 rings (SSSR count). The Hall–Kier alpha value is -1.31. The zero-order valence-electron chi connectivity index (χ0n) is 20.3. The molecule has 0 aromatic heterocycles. The van der Waals surface area contributed by atoms with Crippen molar-refractivity contribution in [1.29, 1.82) is 0 Å². The van der Waals surface area contributed by atoms with Crippen LogP contribution in [0.25, 0.3) is 0 Å². The van der Waals surface area contributed by atoms with E-state index in [4.69, 9.17) is 0 Å². The van der Waals surface area contributed by atoms with Crippen LogP contribution in [0.2, 0.25) is 0 Å². The summed E-state index contributed by atoms with van der Waals surface area (Å²) in [6.45, 7) is 7.61. The Balaban J connectivity index is 1.35. The molecule has 2 heteroatoms. The second-order valence-corrected chi connectivity index (χ2v) is 12.1. The normalized spacial score (nSPS) is 43.2. The molecule has 3 unspecified atom stereocenters. The number of hydrogen-bond donors (Lipinski definition) is 0. The topological polar surface area (TPSA) is 20.3 Å². The summed E-state index contributed by atoms with van der Waals surface area (Å²) in [4.78, 5) is 14.5. The molecule has 1 amide bonds. The molecule has 3 saturated carbocycles. The number of carbonyl (C=O) groups excluding carboxylic acids is 1. The lowest BCUT2D eigenvalue weighted by Gasteiger charge is -2.62. The molecule has 1 heterocycles. The van der Waals surface area contributed by atoms with Crippen LogP contribution in [0.3, 0.4) is 0 Å². The fourth-order valence-electron chi connectivity index (χ4n) is 9.25. The monoisotopic (exact) mass is 421 g/mol. The Morgan fingerprint density at radius 1 is 0.968 bits per heavy atom. The van der Waals surface area contributed by atoms with Gasteiger partial charge in [0.25, 0.3) is 0 Å². The second kappa shape index (κ2) is 7.92. The van der Waals surface area contributed by atoms with E-state index in [0.29, 0.717) is 28.7 Å². The highest BCUT2D eigenvalue weighted by molar-refractivity contribution is 5.77. The van der Waals surface area contributed by atoms with E-state index in [2.05, 4.69) is 63.1 Å². The Morgan fingerprint density at radius 2 is 1.71 bits per heavy atom. The standard InChI is InChI=1S/C29H43NO/c1-5-20(21-9-7-6-8-10-21)19-22-11-13-24-23-12-14-26-29(3,18-16-27(31)30(26)4)25(23)15-17-28(22,24)2/h6-10,20,22-26H,5,11-19H2,1-4H3/t20?,22?,23-,24-,25+,26?,28+,29+/m0/s1. The minimum atomic E-state index is 0.348. The first-order valence-electron chi connectivity index (χ1n) is 13.2. The third-order valence-electron chi connectivity index (χ3n) is 11.1. The summed E-state index contributed by atoms with van der Waals surface area (Å²) >= 11 is 0. The lowest BCUT2D eigenvalue weighted by molar-refractivity contribution is -0.158. The maximum atomic E-state index is 12.4. The van der Waals surface area contributed by atoms with Crippen LogP contribution in [0.4, 0.5) is 0 Å². The highest BCUT2D eigenvalue weighted by atomic mass is 16.2. The summed E-state index contributed by atoms with van der Waals surface area (Å²) in [6.07, 6.45) is 12.8.